The maximum atomic E-state index is 12.5. The molecule has 0 spiro atoms. The first-order valence-corrected chi connectivity index (χ1v) is 22.0. The molecule has 0 aromatic rings. The van der Waals surface area contributed by atoms with Crippen molar-refractivity contribution in [3.8, 4) is 0 Å². The second-order valence-electron chi connectivity index (χ2n) is 13.0. The molecule has 0 amide bonds. The highest BCUT2D eigenvalue weighted by atomic mass is 31.2. The Bertz CT molecular complexity index is 1300. The normalized spacial score (nSPS) is 15.0. The van der Waals surface area contributed by atoms with Crippen LogP contribution in [0.15, 0.2) is 109 Å². The van der Waals surface area contributed by atoms with Crippen molar-refractivity contribution in [3.05, 3.63) is 109 Å². The van der Waals surface area contributed by atoms with E-state index >= 15 is 0 Å². The molecule has 0 aliphatic heterocycles. The average Bonchev–Trinajstić information content (AvgIpc) is 3.18. The molecular weight excluding hydrogens is 729 g/mol. The Labute approximate surface area is 338 Å². The minimum absolute atomic E-state index is 0.0211. The standard InChI is InChI=1S/C45H72NO9P/c1-3-5-7-9-11-12-13-14-15-16-17-18-19-20-24-29-33-37-45(49)55-43(41-54-56(50,51)53-39-38-46)40-52-44(48)36-32-28-25-21-23-27-31-35-42(47)34-30-26-22-10-8-6-4-2/h5,7,11-12,14-15,17-18,20-22,24-27,30-31,34,42-43,47H,3-4,6,8-10,13,16,19,23,28-29,32-33,35-41,46H2,1-2H3,(H,50,51)/b7-5-,12-11-,15-14-,18-17-,24-20-,25-21+,26-22-,31-27-,34-30-/t42-,43-/m1/s1. The van der Waals surface area contributed by atoms with Gasteiger partial charge in [-0.15, -0.1) is 0 Å². The van der Waals surface area contributed by atoms with Crippen LogP contribution in [0.5, 0.6) is 0 Å². The average molecular weight is 802 g/mol. The van der Waals surface area contributed by atoms with E-state index < -0.39 is 38.6 Å². The smallest absolute Gasteiger partial charge is 0.462 e. The largest absolute Gasteiger partial charge is 0.472 e. The summed E-state index contributed by atoms with van der Waals surface area (Å²) in [6.45, 7) is 3.32. The van der Waals surface area contributed by atoms with Gasteiger partial charge in [-0.2, -0.15) is 0 Å². The lowest BCUT2D eigenvalue weighted by atomic mass is 10.2. The van der Waals surface area contributed by atoms with Crippen LogP contribution >= 0.6 is 7.82 Å². The zero-order chi connectivity index (χ0) is 41.2. The maximum absolute atomic E-state index is 12.5. The molecule has 0 aromatic heterocycles. The van der Waals surface area contributed by atoms with Crippen LogP contribution in [-0.2, 0) is 32.7 Å². The predicted octanol–water partition coefficient (Wildman–Crippen LogP) is 10.6. The Morgan fingerprint density at radius 3 is 1.75 bits per heavy atom. The Morgan fingerprint density at radius 1 is 0.643 bits per heavy atom. The van der Waals surface area contributed by atoms with Crippen LogP contribution in [0.4, 0.5) is 0 Å². The second-order valence-corrected chi connectivity index (χ2v) is 14.4. The van der Waals surface area contributed by atoms with Gasteiger partial charge in [-0.25, -0.2) is 4.57 Å². The van der Waals surface area contributed by atoms with E-state index in [2.05, 4.69) is 68.5 Å². The molecule has 0 bridgehead atoms. The summed E-state index contributed by atoms with van der Waals surface area (Å²) >= 11 is 0. The number of carbonyl (C=O) groups is 2. The van der Waals surface area contributed by atoms with E-state index in [0.717, 1.165) is 44.9 Å². The first-order chi connectivity index (χ1) is 27.2. The van der Waals surface area contributed by atoms with Crippen molar-refractivity contribution >= 4 is 19.8 Å². The minimum atomic E-state index is -4.43. The summed E-state index contributed by atoms with van der Waals surface area (Å²) in [5.41, 5.74) is 5.33. The van der Waals surface area contributed by atoms with Gasteiger partial charge in [0, 0.05) is 19.4 Å². The van der Waals surface area contributed by atoms with Crippen molar-refractivity contribution in [1.82, 2.24) is 0 Å². The molecule has 1 unspecified atom stereocenters. The van der Waals surface area contributed by atoms with Crippen LogP contribution in [0.25, 0.3) is 0 Å². The van der Waals surface area contributed by atoms with Gasteiger partial charge in [0.25, 0.3) is 0 Å². The van der Waals surface area contributed by atoms with E-state index in [0.29, 0.717) is 32.1 Å². The van der Waals surface area contributed by atoms with E-state index in [-0.39, 0.29) is 32.6 Å². The number of hydrogen-bond donors (Lipinski definition) is 3. The number of hydrogen-bond acceptors (Lipinski definition) is 9. The summed E-state index contributed by atoms with van der Waals surface area (Å²) < 4.78 is 32.6. The molecule has 0 rings (SSSR count). The van der Waals surface area contributed by atoms with Crippen molar-refractivity contribution in [1.29, 1.82) is 0 Å². The topological polar surface area (TPSA) is 155 Å². The Balaban J connectivity index is 4.47. The summed E-state index contributed by atoms with van der Waals surface area (Å²) in [5, 5.41) is 10.0. The van der Waals surface area contributed by atoms with E-state index in [1.807, 2.05) is 48.6 Å². The summed E-state index contributed by atoms with van der Waals surface area (Å²) in [4.78, 5) is 34.8. The van der Waals surface area contributed by atoms with Crippen LogP contribution in [0, 0.1) is 0 Å². The molecule has 0 aliphatic rings. The van der Waals surface area contributed by atoms with Crippen LogP contribution in [0.2, 0.25) is 0 Å². The SMILES string of the molecule is CC/C=C\C/C=C\C/C=C\C/C=C\C/C=C\CCCC(=O)O[C@H](COC(=O)CCC/C=C/C/C=C\C[C@H](O)/C=C\C=C/CCCCC)COP(=O)(O)OCCN. The van der Waals surface area contributed by atoms with E-state index in [1.165, 1.54) is 19.3 Å². The Morgan fingerprint density at radius 2 is 1.18 bits per heavy atom. The van der Waals surface area contributed by atoms with Gasteiger partial charge in [0.1, 0.15) is 6.61 Å². The molecule has 56 heavy (non-hydrogen) atoms. The number of aliphatic hydroxyl groups excluding tert-OH is 1. The third-order valence-electron chi connectivity index (χ3n) is 7.72. The van der Waals surface area contributed by atoms with Gasteiger partial charge in [0.2, 0.25) is 0 Å². The van der Waals surface area contributed by atoms with Crippen molar-refractivity contribution in [2.24, 2.45) is 5.73 Å². The third kappa shape index (κ3) is 38.9. The quantitative estimate of drug-likeness (QED) is 0.0183. The lowest BCUT2D eigenvalue weighted by Crippen LogP contribution is -2.29. The summed E-state index contributed by atoms with van der Waals surface area (Å²) in [6, 6.07) is 0. The number of nitrogens with two attached hydrogens (primary N) is 1. The molecular formula is C45H72NO9P. The van der Waals surface area contributed by atoms with Crippen molar-refractivity contribution in [2.75, 3.05) is 26.4 Å². The highest BCUT2D eigenvalue weighted by Crippen LogP contribution is 2.43. The fraction of sp³-hybridized carbons (Fsp3) is 0.556. The lowest BCUT2D eigenvalue weighted by Gasteiger charge is -2.19. The summed E-state index contributed by atoms with van der Waals surface area (Å²) in [5.74, 6) is -1.02. The molecule has 316 valence electrons. The number of ether oxygens (including phenoxy) is 2. The maximum Gasteiger partial charge on any atom is 0.472 e. The van der Waals surface area contributed by atoms with Gasteiger partial charge < -0.3 is 25.2 Å². The Hall–Kier alpha value is -3.37. The van der Waals surface area contributed by atoms with Crippen molar-refractivity contribution in [3.63, 3.8) is 0 Å². The number of allylic oxidation sites excluding steroid dienone is 16. The Kier molecular flexibility index (Phi) is 37.5. The van der Waals surface area contributed by atoms with Crippen LogP contribution in [0.1, 0.15) is 123 Å². The first kappa shape index (κ1) is 52.6. The van der Waals surface area contributed by atoms with Crippen molar-refractivity contribution in [2.45, 2.75) is 135 Å². The van der Waals surface area contributed by atoms with Crippen LogP contribution < -0.4 is 5.73 Å². The number of phosphoric ester groups is 1. The fourth-order valence-electron chi connectivity index (χ4n) is 4.68. The van der Waals surface area contributed by atoms with E-state index in [4.69, 9.17) is 24.3 Å². The predicted molar refractivity (Wildman–Crippen MR) is 230 cm³/mol. The molecule has 0 saturated heterocycles. The number of aliphatic hydroxyl groups is 1. The summed E-state index contributed by atoms with van der Waals surface area (Å²) in [7, 11) is -4.43. The van der Waals surface area contributed by atoms with Gasteiger partial charge in [0.05, 0.1) is 19.3 Å². The monoisotopic (exact) mass is 801 g/mol. The minimum Gasteiger partial charge on any atom is -0.462 e. The third-order valence-corrected chi connectivity index (χ3v) is 8.71. The van der Waals surface area contributed by atoms with Crippen LogP contribution in [-0.4, -0.2) is 60.5 Å². The number of rotatable bonds is 36. The molecule has 0 heterocycles. The molecule has 4 N–H and O–H groups in total. The summed E-state index contributed by atoms with van der Waals surface area (Å²) in [6.07, 6.45) is 48.7. The van der Waals surface area contributed by atoms with Crippen LogP contribution in [0.3, 0.4) is 0 Å². The zero-order valence-electron chi connectivity index (χ0n) is 34.2. The molecule has 0 fully saturated rings. The lowest BCUT2D eigenvalue weighted by molar-refractivity contribution is -0.161. The van der Waals surface area contributed by atoms with Crippen molar-refractivity contribution < 1.29 is 42.7 Å². The highest BCUT2D eigenvalue weighted by molar-refractivity contribution is 7.47. The molecule has 11 heteroatoms. The first-order valence-electron chi connectivity index (χ1n) is 20.5. The van der Waals surface area contributed by atoms with Gasteiger partial charge in [-0.1, -0.05) is 136 Å². The van der Waals surface area contributed by atoms with E-state index in [9.17, 15) is 24.2 Å². The van der Waals surface area contributed by atoms with Gasteiger partial charge in [0.15, 0.2) is 6.10 Å². The number of carbonyl (C=O) groups excluding carboxylic acids is 2. The molecule has 0 radical (unpaired) electrons. The van der Waals surface area contributed by atoms with Gasteiger partial charge in [-0.3, -0.25) is 18.6 Å². The number of unbranched alkanes of at least 4 members (excludes halogenated alkanes) is 5. The zero-order valence-corrected chi connectivity index (χ0v) is 35.1. The molecule has 0 saturated carbocycles. The van der Waals surface area contributed by atoms with Gasteiger partial charge >= 0.3 is 19.8 Å². The number of phosphoric acid groups is 1. The van der Waals surface area contributed by atoms with Gasteiger partial charge in [-0.05, 0) is 83.5 Å². The molecule has 3 atom stereocenters. The molecule has 0 aliphatic carbocycles. The number of esters is 2. The highest BCUT2D eigenvalue weighted by Gasteiger charge is 2.25. The molecule has 0 aromatic carbocycles. The molecule has 10 nitrogen and oxygen atoms in total. The van der Waals surface area contributed by atoms with E-state index in [1.54, 1.807) is 6.08 Å². The fourth-order valence-corrected chi connectivity index (χ4v) is 5.45. The second kappa shape index (κ2) is 39.8.